The first-order chi connectivity index (χ1) is 14.2. The van der Waals surface area contributed by atoms with Crippen LogP contribution in [0.25, 0.3) is 0 Å². The minimum absolute atomic E-state index is 0.0889. The van der Waals surface area contributed by atoms with E-state index in [-0.39, 0.29) is 35.0 Å². The summed E-state index contributed by atoms with van der Waals surface area (Å²) in [6.07, 6.45) is -1.40. The Labute approximate surface area is 178 Å². The number of urea groups is 1. The van der Waals surface area contributed by atoms with Gasteiger partial charge in [0, 0.05) is 43.4 Å². The summed E-state index contributed by atoms with van der Waals surface area (Å²) in [4.78, 5) is 36.4. The predicted octanol–water partition coefficient (Wildman–Crippen LogP) is -0.571. The van der Waals surface area contributed by atoms with Crippen LogP contribution in [0.5, 0.6) is 0 Å². The van der Waals surface area contributed by atoms with Gasteiger partial charge in [0.15, 0.2) is 0 Å². The molecule has 3 amide bonds. The summed E-state index contributed by atoms with van der Waals surface area (Å²) in [7, 11) is 0. The van der Waals surface area contributed by atoms with E-state index in [1.807, 2.05) is 6.92 Å². The monoisotopic (exact) mass is 443 g/mol. The maximum absolute atomic E-state index is 12.5. The van der Waals surface area contributed by atoms with Crippen LogP contribution in [-0.4, -0.2) is 82.8 Å². The molecule has 0 saturated carbocycles. The molecular weight excluding hydrogens is 414 g/mol. The number of fused-ring (bicyclic) bond motifs is 1. The van der Waals surface area contributed by atoms with E-state index in [0.717, 1.165) is 24.4 Å². The summed E-state index contributed by atoms with van der Waals surface area (Å²) in [5.41, 5.74) is 5.02. The quantitative estimate of drug-likeness (QED) is 0.155. The number of thioether (sulfide) groups is 1. The van der Waals surface area contributed by atoms with Crippen molar-refractivity contribution in [1.82, 2.24) is 20.9 Å². The zero-order valence-electron chi connectivity index (χ0n) is 17.0. The van der Waals surface area contributed by atoms with E-state index < -0.39 is 24.2 Å². The van der Waals surface area contributed by atoms with E-state index in [2.05, 4.69) is 16.0 Å². The summed E-state index contributed by atoms with van der Waals surface area (Å²) in [6, 6.07) is -0.591. The lowest BCUT2D eigenvalue weighted by atomic mass is 9.79. The highest BCUT2D eigenvalue weighted by molar-refractivity contribution is 8.03. The van der Waals surface area contributed by atoms with Crippen LogP contribution >= 0.6 is 11.8 Å². The molecule has 0 unspecified atom stereocenters. The average molecular weight is 444 g/mol. The Morgan fingerprint density at radius 2 is 2.17 bits per heavy atom. The number of nitrogens with two attached hydrogens (primary N) is 1. The van der Waals surface area contributed by atoms with Crippen molar-refractivity contribution in [1.29, 1.82) is 0 Å². The van der Waals surface area contributed by atoms with Crippen LogP contribution < -0.4 is 21.7 Å². The van der Waals surface area contributed by atoms with Gasteiger partial charge in [0.1, 0.15) is 0 Å². The Balaban J connectivity index is 1.58. The molecule has 0 spiro atoms. The molecule has 11 nitrogen and oxygen atoms in total. The highest BCUT2D eigenvalue weighted by Gasteiger charge is 2.60. The van der Waals surface area contributed by atoms with Crippen molar-refractivity contribution < 1.29 is 29.3 Å². The number of amides is 3. The smallest absolute Gasteiger partial charge is 0.449 e. The minimum atomic E-state index is -1.46. The number of aliphatic hydroxyl groups is 1. The van der Waals surface area contributed by atoms with Crippen molar-refractivity contribution in [2.24, 2.45) is 17.6 Å². The summed E-state index contributed by atoms with van der Waals surface area (Å²) >= 11 is 1.54. The van der Waals surface area contributed by atoms with Crippen LogP contribution in [0.3, 0.4) is 0 Å². The van der Waals surface area contributed by atoms with Crippen LogP contribution in [0, 0.1) is 11.8 Å². The molecule has 3 aliphatic heterocycles. The van der Waals surface area contributed by atoms with E-state index in [0.29, 0.717) is 13.1 Å². The SMILES string of the molecule is C[C@@H](O)[C@H]1C(=O)N2C(OC(=O)O)=C(S[C@@H]3CN[C@H](CNCCNC(N)=O)C3)[C@H](C)[C@@H]12. The van der Waals surface area contributed by atoms with Crippen LogP contribution in [0.1, 0.15) is 20.3 Å². The number of nitrogens with zero attached hydrogens (tertiary/aromatic N) is 1. The predicted molar refractivity (Wildman–Crippen MR) is 109 cm³/mol. The second kappa shape index (κ2) is 9.41. The third kappa shape index (κ3) is 4.66. The van der Waals surface area contributed by atoms with Gasteiger partial charge in [-0.25, -0.2) is 9.59 Å². The lowest BCUT2D eigenvalue weighted by molar-refractivity contribution is -0.163. The number of primary amides is 1. The zero-order valence-corrected chi connectivity index (χ0v) is 17.8. The highest BCUT2D eigenvalue weighted by Crippen LogP contribution is 2.52. The van der Waals surface area contributed by atoms with Gasteiger partial charge in [-0.15, -0.1) is 11.8 Å². The molecule has 0 aliphatic carbocycles. The van der Waals surface area contributed by atoms with Gasteiger partial charge >= 0.3 is 12.2 Å². The van der Waals surface area contributed by atoms with Crippen LogP contribution in [0.4, 0.5) is 9.59 Å². The first-order valence-electron chi connectivity index (χ1n) is 10.0. The number of ether oxygens (including phenoxy) is 1. The number of carboxylic acid groups (broad SMARTS) is 1. The Bertz CT molecular complexity index is 732. The number of β-lactam (4-membered cyclic amide) rings is 1. The second-order valence-corrected chi connectivity index (χ2v) is 9.21. The molecule has 3 rings (SSSR count). The van der Waals surface area contributed by atoms with Gasteiger partial charge in [-0.1, -0.05) is 6.92 Å². The molecule has 3 aliphatic rings. The third-order valence-electron chi connectivity index (χ3n) is 5.71. The summed E-state index contributed by atoms with van der Waals surface area (Å²) < 4.78 is 5.00. The molecule has 0 aromatic heterocycles. The van der Waals surface area contributed by atoms with Gasteiger partial charge in [0.25, 0.3) is 0 Å². The topological polar surface area (TPSA) is 166 Å². The fourth-order valence-corrected chi connectivity index (χ4v) is 5.82. The number of carbonyl (C=O) groups is 3. The Morgan fingerprint density at radius 1 is 1.43 bits per heavy atom. The zero-order chi connectivity index (χ0) is 22.0. The van der Waals surface area contributed by atoms with Crippen molar-refractivity contribution in [3.63, 3.8) is 0 Å². The van der Waals surface area contributed by atoms with Gasteiger partial charge in [-0.2, -0.15) is 0 Å². The van der Waals surface area contributed by atoms with Gasteiger partial charge in [-0.05, 0) is 13.3 Å². The number of hydrogen-bond acceptors (Lipinski definition) is 8. The summed E-state index contributed by atoms with van der Waals surface area (Å²) in [5, 5.41) is 28.5. The normalized spacial score (nSPS) is 31.4. The van der Waals surface area contributed by atoms with E-state index in [1.165, 1.54) is 16.7 Å². The molecule has 168 valence electrons. The van der Waals surface area contributed by atoms with E-state index in [9.17, 15) is 19.5 Å². The van der Waals surface area contributed by atoms with Crippen molar-refractivity contribution in [3.05, 3.63) is 10.8 Å². The van der Waals surface area contributed by atoms with Gasteiger partial charge in [0.2, 0.25) is 11.8 Å². The molecular formula is C18H29N5O6S. The molecule has 30 heavy (non-hydrogen) atoms. The number of carbonyl (C=O) groups excluding carboxylic acids is 2. The molecule has 2 fully saturated rings. The van der Waals surface area contributed by atoms with Crippen molar-refractivity contribution in [3.8, 4) is 0 Å². The molecule has 3 heterocycles. The minimum Gasteiger partial charge on any atom is -0.449 e. The lowest BCUT2D eigenvalue weighted by Gasteiger charge is -2.45. The van der Waals surface area contributed by atoms with Crippen LogP contribution in [0.2, 0.25) is 0 Å². The van der Waals surface area contributed by atoms with Gasteiger partial charge in [0.05, 0.1) is 23.0 Å². The molecule has 0 bridgehead atoms. The largest absolute Gasteiger partial charge is 0.512 e. The molecule has 7 N–H and O–H groups in total. The molecule has 0 aromatic rings. The molecule has 0 aromatic carbocycles. The summed E-state index contributed by atoms with van der Waals surface area (Å²) in [5.74, 6) is -0.868. The third-order valence-corrected chi connectivity index (χ3v) is 7.21. The van der Waals surface area contributed by atoms with Crippen molar-refractivity contribution in [2.75, 3.05) is 26.2 Å². The van der Waals surface area contributed by atoms with E-state index in [4.69, 9.17) is 15.6 Å². The number of hydrogen-bond donors (Lipinski definition) is 6. The maximum Gasteiger partial charge on any atom is 0.512 e. The first-order valence-corrected chi connectivity index (χ1v) is 10.9. The first kappa shape index (κ1) is 22.7. The maximum atomic E-state index is 12.5. The fourth-order valence-electron chi connectivity index (χ4n) is 4.36. The molecule has 0 radical (unpaired) electrons. The summed E-state index contributed by atoms with van der Waals surface area (Å²) in [6.45, 7) is 6.04. The number of aliphatic hydroxyl groups excluding tert-OH is 1. The van der Waals surface area contributed by atoms with E-state index >= 15 is 0 Å². The Morgan fingerprint density at radius 3 is 2.80 bits per heavy atom. The van der Waals surface area contributed by atoms with Crippen molar-refractivity contribution in [2.45, 2.75) is 43.7 Å². The lowest BCUT2D eigenvalue weighted by Crippen LogP contribution is -2.63. The standard InChI is InChI=1S/C18H29N5O6S/c1-8-13-12(9(2)24)15(25)23(13)16(29-18(27)28)14(8)30-11-5-10(22-7-11)6-20-3-4-21-17(19)26/h8-13,20,22,24H,3-7H2,1-2H3,(H,27,28)(H3,19,21,26)/t8-,9-,10+,11+,12-,13+/m1/s1. The number of nitrogens with one attached hydrogen (secondary N) is 3. The van der Waals surface area contributed by atoms with E-state index in [1.54, 1.807) is 6.92 Å². The Kier molecular flexibility index (Phi) is 7.11. The van der Waals surface area contributed by atoms with Gasteiger partial charge < -0.3 is 36.6 Å². The van der Waals surface area contributed by atoms with Gasteiger partial charge in [-0.3, -0.25) is 9.69 Å². The van der Waals surface area contributed by atoms with Crippen LogP contribution in [-0.2, 0) is 9.53 Å². The number of rotatable bonds is 9. The van der Waals surface area contributed by atoms with Crippen LogP contribution in [0.15, 0.2) is 10.8 Å². The Hall–Kier alpha value is -2.02. The van der Waals surface area contributed by atoms with Crippen molar-refractivity contribution >= 4 is 29.9 Å². The molecule has 6 atom stereocenters. The highest BCUT2D eigenvalue weighted by atomic mass is 32.2. The second-order valence-electron chi connectivity index (χ2n) is 7.87. The molecule has 12 heteroatoms. The average Bonchev–Trinajstić information content (AvgIpc) is 3.16. The fraction of sp³-hybridized carbons (Fsp3) is 0.722. The molecule has 2 saturated heterocycles.